The first-order chi connectivity index (χ1) is 2.00. The molecule has 0 aliphatic carbocycles. The molecule has 0 N–H and O–H groups in total. The predicted molar refractivity (Wildman–Crippen MR) is 13.4 cm³/mol. The quantitative estimate of drug-likeness (QED) is 0.326. The van der Waals surface area contributed by atoms with Crippen LogP contribution in [0.4, 0.5) is 0 Å². The van der Waals surface area contributed by atoms with Crippen LogP contribution in [0.25, 0.3) is 0 Å². The maximum Gasteiger partial charge on any atom is 2.00 e. The summed E-state index contributed by atoms with van der Waals surface area (Å²) in [6.07, 6.45) is 0. The van der Waals surface area contributed by atoms with Gasteiger partial charge in [0.1, 0.15) is 0 Å². The van der Waals surface area contributed by atoms with Crippen LogP contribution in [-0.4, -0.2) is 45.5 Å². The van der Waals surface area contributed by atoms with Crippen molar-refractivity contribution >= 4 is 53.3 Å². The van der Waals surface area contributed by atoms with Gasteiger partial charge >= 0.3 is 45.5 Å². The average molecular weight is 234 g/mol. The van der Waals surface area contributed by atoms with Gasteiger partial charge in [0.2, 0.25) is 0 Å². The van der Waals surface area contributed by atoms with Gasteiger partial charge in [-0.3, -0.25) is 0 Å². The van der Waals surface area contributed by atoms with Gasteiger partial charge in [0.25, 0.3) is 0 Å². The molecule has 0 fully saturated rings. The molecule has 0 aliphatic rings. The van der Waals surface area contributed by atoms with E-state index in [9.17, 15) is 0 Å². The molecule has 0 aromatic heterocycles. The van der Waals surface area contributed by atoms with Gasteiger partial charge in [-0.15, -0.1) is 0 Å². The van der Waals surface area contributed by atoms with Crippen LogP contribution in [0.1, 0.15) is 0 Å². The monoisotopic (exact) mass is 234 g/mol. The van der Waals surface area contributed by atoms with Crippen LogP contribution in [0.3, 0.4) is 0 Å². The zero-order valence-corrected chi connectivity index (χ0v) is 9.00. The Hall–Kier alpha value is 2.17. The smallest absolute Gasteiger partial charge is 0.822 e. The van der Waals surface area contributed by atoms with E-state index in [4.69, 9.17) is 19.2 Å². The molecule has 7 heavy (non-hydrogen) atoms. The maximum atomic E-state index is 8.55. The van der Waals surface area contributed by atoms with Crippen molar-refractivity contribution in [3.8, 4) is 0 Å². The van der Waals surface area contributed by atoms with E-state index in [-0.39, 0.29) is 64.0 Å². The molecule has 0 unspecified atom stereocenters. The van der Waals surface area contributed by atoms with Gasteiger partial charge < -0.3 is 19.2 Å². The first-order valence-electron chi connectivity index (χ1n) is 0.730. The Kier molecular flexibility index (Phi) is 14.5. The minimum atomic E-state index is -5.39. The molecule has 4 nitrogen and oxygen atoms in total. The Morgan fingerprint density at radius 2 is 1.14 bits per heavy atom. The Labute approximate surface area is 89.7 Å². The third-order valence-corrected chi connectivity index (χ3v) is 0. The summed E-state index contributed by atoms with van der Waals surface area (Å²) in [6.45, 7) is 0. The molecule has 0 bridgehead atoms. The summed E-state index contributed by atoms with van der Waals surface area (Å²) in [5.74, 6) is 0. The third-order valence-electron chi connectivity index (χ3n) is 0. The molecule has 1 radical (unpaired) electrons. The molecule has 0 aromatic rings. The standard InChI is InChI=1S/H3O4P.Sr.V/c1-5(2,3)4;;/h(H3,1,2,3,4);;/q;+2;/p-3. The molecule has 0 atom stereocenters. The third kappa shape index (κ3) is 65.9. The van der Waals surface area contributed by atoms with E-state index in [1.807, 2.05) is 0 Å². The van der Waals surface area contributed by atoms with Crippen molar-refractivity contribution in [1.82, 2.24) is 0 Å². The zero-order chi connectivity index (χ0) is 4.50. The molecule has 37 valence electrons. The molecule has 0 rings (SSSR count). The van der Waals surface area contributed by atoms with E-state index in [0.29, 0.717) is 0 Å². The average Bonchev–Trinajstić information content (AvgIpc) is 0.722. The van der Waals surface area contributed by atoms with E-state index in [1.54, 1.807) is 0 Å². The van der Waals surface area contributed by atoms with Crippen LogP contribution in [0.2, 0.25) is 0 Å². The van der Waals surface area contributed by atoms with E-state index in [2.05, 4.69) is 0 Å². The number of rotatable bonds is 0. The molecule has 0 aromatic carbocycles. The van der Waals surface area contributed by atoms with Crippen LogP contribution >= 0.6 is 7.82 Å². The van der Waals surface area contributed by atoms with Gasteiger partial charge in [-0.05, 0) is 0 Å². The van der Waals surface area contributed by atoms with Crippen molar-refractivity contribution in [3.05, 3.63) is 0 Å². The minimum Gasteiger partial charge on any atom is -0.822 e. The summed E-state index contributed by atoms with van der Waals surface area (Å²) in [5.41, 5.74) is 0. The van der Waals surface area contributed by atoms with Crippen molar-refractivity contribution in [2.75, 3.05) is 0 Å². The molecule has 0 aliphatic heterocycles. The summed E-state index contributed by atoms with van der Waals surface area (Å²) in [4.78, 5) is 25.6. The van der Waals surface area contributed by atoms with E-state index in [0.717, 1.165) is 0 Å². The molecule has 0 saturated heterocycles. The normalized spacial score (nSPS) is 8.43. The Morgan fingerprint density at radius 1 is 1.14 bits per heavy atom. The topological polar surface area (TPSA) is 86.2 Å². The van der Waals surface area contributed by atoms with Crippen LogP contribution in [0.5, 0.6) is 0 Å². The predicted octanol–water partition coefficient (Wildman–Crippen LogP) is -3.21. The van der Waals surface area contributed by atoms with Crippen LogP contribution in [0.15, 0.2) is 0 Å². The summed E-state index contributed by atoms with van der Waals surface area (Å²) in [6, 6.07) is 0. The summed E-state index contributed by atoms with van der Waals surface area (Å²) in [7, 11) is -5.39. The van der Waals surface area contributed by atoms with Crippen molar-refractivity contribution in [3.63, 3.8) is 0 Å². The van der Waals surface area contributed by atoms with E-state index >= 15 is 0 Å². The molecular weight excluding hydrogens is 234 g/mol. The number of hydrogen-bond acceptors (Lipinski definition) is 4. The fourth-order valence-electron chi connectivity index (χ4n) is 0. The largest absolute Gasteiger partial charge is 2.00 e. The Balaban J connectivity index is -0.0000000800. The summed E-state index contributed by atoms with van der Waals surface area (Å²) in [5, 5.41) is 0. The molecule has 7 heteroatoms. The number of phosphoric acid groups is 1. The first-order valence-corrected chi connectivity index (χ1v) is 2.19. The summed E-state index contributed by atoms with van der Waals surface area (Å²) < 4.78 is 8.55. The van der Waals surface area contributed by atoms with Crippen molar-refractivity contribution in [2.45, 2.75) is 0 Å². The van der Waals surface area contributed by atoms with Crippen LogP contribution in [-0.2, 0) is 23.1 Å². The van der Waals surface area contributed by atoms with E-state index in [1.165, 1.54) is 0 Å². The van der Waals surface area contributed by atoms with Gasteiger partial charge in [-0.2, -0.15) is 7.82 Å². The molecule has 0 heterocycles. The van der Waals surface area contributed by atoms with Gasteiger partial charge in [0.15, 0.2) is 0 Å². The fraction of sp³-hybridized carbons (Fsp3) is 0. The molecule has 0 amide bonds. The first kappa shape index (κ1) is 16.1. The van der Waals surface area contributed by atoms with Gasteiger partial charge in [-0.1, -0.05) is 0 Å². The maximum absolute atomic E-state index is 8.55. The van der Waals surface area contributed by atoms with Crippen molar-refractivity contribution < 1.29 is 37.8 Å². The van der Waals surface area contributed by atoms with Crippen LogP contribution in [0, 0.1) is 0 Å². The van der Waals surface area contributed by atoms with Gasteiger partial charge in [0.05, 0.1) is 0 Å². The van der Waals surface area contributed by atoms with Gasteiger partial charge in [0, 0.05) is 18.6 Å². The fourth-order valence-corrected chi connectivity index (χ4v) is 0. The summed E-state index contributed by atoms with van der Waals surface area (Å²) >= 11 is 0. The second-order valence-corrected chi connectivity index (χ2v) is 1.34. The second kappa shape index (κ2) is 6.30. The zero-order valence-electron chi connectivity index (χ0n) is 3.23. The molecule has 0 spiro atoms. The number of hydrogen-bond donors (Lipinski definition) is 0. The van der Waals surface area contributed by atoms with Crippen molar-refractivity contribution in [1.29, 1.82) is 0 Å². The van der Waals surface area contributed by atoms with Gasteiger partial charge in [-0.25, -0.2) is 0 Å². The minimum absolute atomic E-state index is 0. The Morgan fingerprint density at radius 3 is 1.14 bits per heavy atom. The molecule has 0 saturated carbocycles. The van der Waals surface area contributed by atoms with E-state index < -0.39 is 7.82 Å². The van der Waals surface area contributed by atoms with Crippen molar-refractivity contribution in [2.24, 2.45) is 0 Å². The van der Waals surface area contributed by atoms with Crippen LogP contribution < -0.4 is 14.7 Å². The SMILES string of the molecule is O=P([O-])([O-])[O-].[Sr+2].[V]. The second-order valence-electron chi connectivity index (χ2n) is 0.447. The molecular formula is O4PSrV-. The Bertz CT molecular complexity index is 57.8.